The van der Waals surface area contributed by atoms with Gasteiger partial charge in [0.25, 0.3) is 30.4 Å². The Morgan fingerprint density at radius 2 is 1.49 bits per heavy atom. The largest absolute Gasteiger partial charge is 0.505 e. The summed E-state index contributed by atoms with van der Waals surface area (Å²) in [6.45, 7) is 4.07. The highest BCUT2D eigenvalue weighted by Gasteiger charge is 2.26. The minimum atomic E-state index is -5.16. The van der Waals surface area contributed by atoms with Crippen molar-refractivity contribution in [1.82, 2.24) is 19.9 Å². The van der Waals surface area contributed by atoms with E-state index in [0.717, 1.165) is 56.0 Å². The maximum absolute atomic E-state index is 12.6. The molecular weight excluding hydrogens is 778 g/mol. The van der Waals surface area contributed by atoms with Crippen molar-refractivity contribution in [3.8, 4) is 5.75 Å². The van der Waals surface area contributed by atoms with Gasteiger partial charge in [-0.25, -0.2) is 0 Å². The molecule has 0 amide bonds. The van der Waals surface area contributed by atoms with Crippen LogP contribution in [0.2, 0.25) is 5.28 Å². The number of fused-ring (bicyclic) bond motifs is 2. The lowest BCUT2D eigenvalue weighted by molar-refractivity contribution is 0.263. The van der Waals surface area contributed by atoms with Gasteiger partial charge in [0.15, 0.2) is 5.75 Å². The Balaban J connectivity index is 1.40. The van der Waals surface area contributed by atoms with E-state index in [1.807, 2.05) is 4.90 Å². The van der Waals surface area contributed by atoms with Crippen LogP contribution in [0.3, 0.4) is 0 Å². The average Bonchev–Trinajstić information content (AvgIpc) is 3.09. The van der Waals surface area contributed by atoms with Crippen molar-refractivity contribution >= 4 is 92.5 Å². The van der Waals surface area contributed by atoms with Crippen LogP contribution in [0.15, 0.2) is 79.5 Å². The van der Waals surface area contributed by atoms with E-state index in [4.69, 9.17) is 17.3 Å². The van der Waals surface area contributed by atoms with Gasteiger partial charge in [-0.3, -0.25) is 18.6 Å². The predicted octanol–water partition coefficient (Wildman–Crippen LogP) is 3.54. The number of anilines is 3. The number of hydrogen-bond acceptors (Lipinski definition) is 16. The minimum absolute atomic E-state index is 0.0412. The van der Waals surface area contributed by atoms with Crippen molar-refractivity contribution in [2.24, 2.45) is 16.0 Å². The number of phenolic OH excluding ortho intramolecular Hbond substituents is 1. The summed E-state index contributed by atoms with van der Waals surface area (Å²) >= 11 is 6.27. The number of benzene rings is 4. The zero-order valence-corrected chi connectivity index (χ0v) is 30.6. The SMILES string of the molecule is CN(c1ccc2c(O)c(N=Nc3ccc4c(S(=O)(=O)O)cccc4c3S(=O)(=O)O)c(S(=O)(=O)O)cc2c1)c1nc(Cl)nc(N2CCN(CCN)CC2)n1. The Bertz CT molecular complexity index is 2640. The van der Waals surface area contributed by atoms with Crippen LogP contribution in [-0.2, 0) is 30.4 Å². The molecule has 0 unspecified atom stereocenters. The van der Waals surface area contributed by atoms with Gasteiger partial charge in [0, 0.05) is 68.2 Å². The molecule has 2 heterocycles. The molecule has 23 heteroatoms. The molecule has 0 atom stereocenters. The normalized spacial score (nSPS) is 14.8. The zero-order chi connectivity index (χ0) is 38.5. The van der Waals surface area contributed by atoms with E-state index >= 15 is 0 Å². The van der Waals surface area contributed by atoms with Crippen LogP contribution >= 0.6 is 11.6 Å². The van der Waals surface area contributed by atoms with Gasteiger partial charge < -0.3 is 20.6 Å². The van der Waals surface area contributed by atoms with E-state index in [1.165, 1.54) is 12.1 Å². The second-order valence-corrected chi connectivity index (χ2v) is 16.2. The number of nitrogens with two attached hydrogens (primary N) is 1. The van der Waals surface area contributed by atoms with Gasteiger partial charge in [0.1, 0.15) is 26.1 Å². The number of azo groups is 1. The highest BCUT2D eigenvalue weighted by Crippen LogP contribution is 2.44. The molecule has 280 valence electrons. The maximum Gasteiger partial charge on any atom is 0.297 e. The van der Waals surface area contributed by atoms with Crippen LogP contribution in [0, 0.1) is 0 Å². The van der Waals surface area contributed by atoms with E-state index < -0.39 is 62.2 Å². The fourth-order valence-electron chi connectivity index (χ4n) is 5.90. The molecule has 4 aromatic carbocycles. The average molecular weight is 808 g/mol. The van der Waals surface area contributed by atoms with Gasteiger partial charge in [0.05, 0.1) is 0 Å². The minimum Gasteiger partial charge on any atom is -0.505 e. The summed E-state index contributed by atoms with van der Waals surface area (Å²) in [6, 6.07) is 10.7. The number of nitrogens with zero attached hydrogens (tertiary/aromatic N) is 8. The predicted molar refractivity (Wildman–Crippen MR) is 194 cm³/mol. The first kappa shape index (κ1) is 38.1. The van der Waals surface area contributed by atoms with Crippen LogP contribution in [0.5, 0.6) is 5.75 Å². The smallest absolute Gasteiger partial charge is 0.297 e. The molecule has 0 saturated carbocycles. The first-order valence-corrected chi connectivity index (χ1v) is 20.1. The maximum atomic E-state index is 12.6. The molecule has 1 aromatic heterocycles. The number of aromatic nitrogens is 3. The molecule has 1 saturated heterocycles. The summed E-state index contributed by atoms with van der Waals surface area (Å²) in [5.41, 5.74) is 4.70. The number of halogens is 1. The fourth-order valence-corrected chi connectivity index (χ4v) is 8.24. The monoisotopic (exact) mass is 807 g/mol. The van der Waals surface area contributed by atoms with Gasteiger partial charge in [-0.1, -0.05) is 18.2 Å². The molecule has 0 radical (unpaired) electrons. The van der Waals surface area contributed by atoms with Crippen LogP contribution in [-0.4, -0.2) is 110 Å². The fraction of sp³-hybridized carbons (Fsp3) is 0.233. The highest BCUT2D eigenvalue weighted by atomic mass is 35.5. The van der Waals surface area contributed by atoms with Crippen LogP contribution in [0.1, 0.15) is 0 Å². The van der Waals surface area contributed by atoms with Crippen molar-refractivity contribution in [2.45, 2.75) is 14.7 Å². The molecule has 5 aromatic rings. The van der Waals surface area contributed by atoms with Gasteiger partial charge in [-0.15, -0.1) is 10.2 Å². The lowest BCUT2D eigenvalue weighted by Crippen LogP contribution is -2.48. The van der Waals surface area contributed by atoms with Crippen LogP contribution in [0.4, 0.5) is 29.0 Å². The van der Waals surface area contributed by atoms with Crippen molar-refractivity contribution in [1.29, 1.82) is 0 Å². The van der Waals surface area contributed by atoms with E-state index in [-0.39, 0.29) is 32.8 Å². The van der Waals surface area contributed by atoms with Gasteiger partial charge >= 0.3 is 0 Å². The molecule has 0 spiro atoms. The number of hydrogen-bond donors (Lipinski definition) is 5. The number of rotatable bonds is 10. The Labute approximate surface area is 307 Å². The van der Waals surface area contributed by atoms with Crippen LogP contribution < -0.4 is 15.5 Å². The molecule has 1 fully saturated rings. The quantitative estimate of drug-likeness (QED) is 0.0996. The van der Waals surface area contributed by atoms with E-state index in [1.54, 1.807) is 18.0 Å². The standard InChI is InChI=1S/C30H30ClN9O10S3/c1-38(29-33-28(31)34-30(35-29)40-13-11-39(10-9-32)12-14-40)18-5-6-19-17(15-18)16-24(52(45,46)47)25(26(19)41)37-36-22-8-7-20-21(27(22)53(48,49)50)3-2-4-23(20)51(42,43)44/h2-8,15-16,41H,9-14,32H2,1H3,(H,42,43,44)(H,45,46,47)(H,48,49,50). The van der Waals surface area contributed by atoms with Crippen molar-refractivity contribution < 1.29 is 44.0 Å². The van der Waals surface area contributed by atoms with Crippen molar-refractivity contribution in [3.05, 3.63) is 59.9 Å². The summed E-state index contributed by atoms with van der Waals surface area (Å²) in [5.74, 6) is -0.263. The van der Waals surface area contributed by atoms with Gasteiger partial charge in [-0.2, -0.15) is 40.2 Å². The second-order valence-electron chi connectivity index (χ2n) is 11.7. The summed E-state index contributed by atoms with van der Waals surface area (Å²) < 4.78 is 104. The molecule has 0 bridgehead atoms. The number of piperazine rings is 1. The van der Waals surface area contributed by atoms with Crippen LogP contribution in [0.25, 0.3) is 21.5 Å². The molecule has 0 aliphatic carbocycles. The third-order valence-corrected chi connectivity index (χ3v) is 11.3. The van der Waals surface area contributed by atoms with E-state index in [9.17, 15) is 44.0 Å². The number of phenols is 1. The molecular formula is C30H30ClN9O10S3. The third-order valence-electron chi connectivity index (χ3n) is 8.43. The summed E-state index contributed by atoms with van der Waals surface area (Å²) in [6.07, 6.45) is 0. The summed E-state index contributed by atoms with van der Waals surface area (Å²) in [4.78, 5) is 16.3. The third kappa shape index (κ3) is 7.85. The first-order chi connectivity index (χ1) is 24.9. The number of aromatic hydroxyl groups is 1. The Hall–Kier alpha value is -4.65. The van der Waals surface area contributed by atoms with E-state index in [2.05, 4.69) is 30.1 Å². The Morgan fingerprint density at radius 3 is 2.13 bits per heavy atom. The lowest BCUT2D eigenvalue weighted by atomic mass is 10.1. The van der Waals surface area contributed by atoms with Crippen molar-refractivity contribution in [3.63, 3.8) is 0 Å². The Kier molecular flexibility index (Phi) is 10.3. The van der Waals surface area contributed by atoms with Gasteiger partial charge in [-0.05, 0) is 53.4 Å². The summed E-state index contributed by atoms with van der Waals surface area (Å²) in [7, 11) is -13.5. The van der Waals surface area contributed by atoms with E-state index in [0.29, 0.717) is 31.3 Å². The molecule has 53 heavy (non-hydrogen) atoms. The highest BCUT2D eigenvalue weighted by molar-refractivity contribution is 7.86. The molecule has 19 nitrogen and oxygen atoms in total. The molecule has 1 aliphatic rings. The second kappa shape index (κ2) is 14.3. The van der Waals surface area contributed by atoms with Crippen molar-refractivity contribution in [2.75, 3.05) is 56.1 Å². The van der Waals surface area contributed by atoms with Gasteiger partial charge in [0.2, 0.25) is 17.2 Å². The summed E-state index contributed by atoms with van der Waals surface area (Å²) in [5, 5.41) is 18.2. The first-order valence-electron chi connectivity index (χ1n) is 15.4. The molecule has 6 rings (SSSR count). The topological polar surface area (TPSA) is 282 Å². The Morgan fingerprint density at radius 1 is 0.811 bits per heavy atom. The lowest BCUT2D eigenvalue weighted by Gasteiger charge is -2.34. The molecule has 6 N–H and O–H groups in total. The molecule has 1 aliphatic heterocycles. The zero-order valence-electron chi connectivity index (χ0n) is 27.4.